The molecule has 2 heterocycles. The second-order valence-corrected chi connectivity index (χ2v) is 7.32. The van der Waals surface area contributed by atoms with Gasteiger partial charge in [0.15, 0.2) is 10.7 Å². The van der Waals surface area contributed by atoms with Gasteiger partial charge in [-0.25, -0.2) is 18.9 Å². The minimum Gasteiger partial charge on any atom is -0.383 e. The first kappa shape index (κ1) is 14.6. The summed E-state index contributed by atoms with van der Waals surface area (Å²) in [7, 11) is -1.44. The Bertz CT molecular complexity index is 851. The van der Waals surface area contributed by atoms with Crippen LogP contribution in [0.5, 0.6) is 0 Å². The third-order valence-electron chi connectivity index (χ3n) is 3.23. The molecule has 7 heteroatoms. The molecule has 2 N–H and O–H groups in total. The van der Waals surface area contributed by atoms with Crippen molar-refractivity contribution in [1.82, 2.24) is 19.7 Å². The van der Waals surface area contributed by atoms with Crippen molar-refractivity contribution in [1.29, 1.82) is 0 Å². The molecule has 1 unspecified atom stereocenters. The Morgan fingerprint density at radius 1 is 1.14 bits per heavy atom. The molecular weight excluding hydrogens is 298 g/mol. The molecule has 0 aliphatic heterocycles. The van der Waals surface area contributed by atoms with Gasteiger partial charge in [0.05, 0.1) is 10.9 Å². The molecule has 0 amide bonds. The first-order valence-corrected chi connectivity index (χ1v) is 8.01. The van der Waals surface area contributed by atoms with E-state index >= 15 is 0 Å². The number of rotatable bonds is 2. The standard InChI is InChI=1S/C15H17N5OS/c1-15(2,3)20-13-11(12(16)17-9-18-13)14(19-20)22(21)10-7-5-4-6-8-10/h4-9H,1-3H3,(H2,16,17,18). The molecule has 22 heavy (non-hydrogen) atoms. The number of nitrogens with two attached hydrogens (primary N) is 1. The molecule has 0 spiro atoms. The van der Waals surface area contributed by atoms with E-state index in [1.807, 2.05) is 39.0 Å². The molecule has 0 aliphatic carbocycles. The molecule has 3 aromatic rings. The van der Waals surface area contributed by atoms with Crippen LogP contribution in [0.2, 0.25) is 0 Å². The van der Waals surface area contributed by atoms with E-state index < -0.39 is 10.8 Å². The Balaban J connectivity index is 2.29. The SMILES string of the molecule is CC(C)(C)n1nc(S(=O)c2ccccc2)c2c(N)ncnc21. The van der Waals surface area contributed by atoms with Crippen molar-refractivity contribution in [3.05, 3.63) is 36.7 Å². The van der Waals surface area contributed by atoms with E-state index in [-0.39, 0.29) is 5.54 Å². The maximum Gasteiger partial charge on any atom is 0.167 e. The first-order chi connectivity index (χ1) is 10.4. The summed E-state index contributed by atoms with van der Waals surface area (Å²) < 4.78 is 14.6. The van der Waals surface area contributed by atoms with Crippen LogP contribution in [0.25, 0.3) is 11.0 Å². The van der Waals surface area contributed by atoms with Crippen molar-refractivity contribution in [3.63, 3.8) is 0 Å². The van der Waals surface area contributed by atoms with Crippen LogP contribution in [0.1, 0.15) is 20.8 Å². The van der Waals surface area contributed by atoms with Crippen molar-refractivity contribution in [3.8, 4) is 0 Å². The zero-order valence-electron chi connectivity index (χ0n) is 12.6. The van der Waals surface area contributed by atoms with E-state index in [4.69, 9.17) is 5.73 Å². The summed E-state index contributed by atoms with van der Waals surface area (Å²) in [5.74, 6) is 0.291. The average Bonchev–Trinajstić information content (AvgIpc) is 2.88. The molecule has 2 aromatic heterocycles. The summed E-state index contributed by atoms with van der Waals surface area (Å²) in [6.07, 6.45) is 1.40. The van der Waals surface area contributed by atoms with Crippen molar-refractivity contribution in [2.24, 2.45) is 0 Å². The van der Waals surface area contributed by atoms with Gasteiger partial charge in [-0.05, 0) is 32.9 Å². The van der Waals surface area contributed by atoms with Crippen LogP contribution >= 0.6 is 0 Å². The summed E-state index contributed by atoms with van der Waals surface area (Å²) in [6.45, 7) is 6.02. The maximum absolute atomic E-state index is 12.9. The number of aromatic nitrogens is 4. The number of hydrogen-bond donors (Lipinski definition) is 1. The average molecular weight is 315 g/mol. The molecule has 0 bridgehead atoms. The van der Waals surface area contributed by atoms with Gasteiger partial charge in [-0.15, -0.1) is 0 Å². The highest BCUT2D eigenvalue weighted by Gasteiger charge is 2.26. The topological polar surface area (TPSA) is 86.7 Å². The van der Waals surface area contributed by atoms with Crippen LogP contribution in [0.4, 0.5) is 5.82 Å². The van der Waals surface area contributed by atoms with Gasteiger partial charge in [0.2, 0.25) is 0 Å². The monoisotopic (exact) mass is 315 g/mol. The fraction of sp³-hybridized carbons (Fsp3) is 0.267. The van der Waals surface area contributed by atoms with Crippen LogP contribution in [0.3, 0.4) is 0 Å². The van der Waals surface area contributed by atoms with E-state index in [1.165, 1.54) is 6.33 Å². The highest BCUT2D eigenvalue weighted by molar-refractivity contribution is 7.85. The van der Waals surface area contributed by atoms with Gasteiger partial charge in [-0.1, -0.05) is 18.2 Å². The molecule has 0 saturated heterocycles. The van der Waals surface area contributed by atoms with Crippen LogP contribution < -0.4 is 5.73 Å². The van der Waals surface area contributed by atoms with Gasteiger partial charge < -0.3 is 5.73 Å². The van der Waals surface area contributed by atoms with E-state index in [0.717, 1.165) is 0 Å². The fourth-order valence-corrected chi connectivity index (χ4v) is 3.36. The Kier molecular flexibility index (Phi) is 3.44. The number of nitrogens with zero attached hydrogens (tertiary/aromatic N) is 4. The Hall–Kier alpha value is -2.28. The van der Waals surface area contributed by atoms with E-state index in [0.29, 0.717) is 26.8 Å². The summed E-state index contributed by atoms with van der Waals surface area (Å²) >= 11 is 0. The second-order valence-electron chi connectivity index (χ2n) is 5.93. The molecular formula is C15H17N5OS. The Morgan fingerprint density at radius 2 is 1.82 bits per heavy atom. The van der Waals surface area contributed by atoms with E-state index in [9.17, 15) is 4.21 Å². The molecule has 114 valence electrons. The number of anilines is 1. The predicted octanol–water partition coefficient (Wildman–Crippen LogP) is 2.33. The number of nitrogen functional groups attached to an aromatic ring is 1. The fourth-order valence-electron chi connectivity index (χ4n) is 2.20. The molecule has 0 radical (unpaired) electrons. The first-order valence-electron chi connectivity index (χ1n) is 6.86. The lowest BCUT2D eigenvalue weighted by Gasteiger charge is -2.19. The van der Waals surface area contributed by atoms with Gasteiger partial charge in [0, 0.05) is 4.90 Å². The van der Waals surface area contributed by atoms with Gasteiger partial charge in [-0.2, -0.15) is 5.10 Å². The molecule has 1 atom stereocenters. The minimum absolute atomic E-state index is 0.291. The molecule has 0 aliphatic rings. The molecule has 1 aromatic carbocycles. The molecule has 0 fully saturated rings. The summed E-state index contributed by atoms with van der Waals surface area (Å²) in [6, 6.07) is 9.17. The number of hydrogen-bond acceptors (Lipinski definition) is 5. The predicted molar refractivity (Wildman–Crippen MR) is 85.8 cm³/mol. The highest BCUT2D eigenvalue weighted by Crippen LogP contribution is 2.30. The lowest BCUT2D eigenvalue weighted by molar-refractivity contribution is 0.360. The summed E-state index contributed by atoms with van der Waals surface area (Å²) in [5, 5.41) is 5.48. The quantitative estimate of drug-likeness (QED) is 0.784. The third kappa shape index (κ3) is 2.37. The second kappa shape index (κ2) is 5.17. The van der Waals surface area contributed by atoms with Crippen molar-refractivity contribution >= 4 is 27.7 Å². The maximum atomic E-state index is 12.9. The summed E-state index contributed by atoms with van der Waals surface area (Å²) in [4.78, 5) is 8.97. The lowest BCUT2D eigenvalue weighted by Crippen LogP contribution is -2.23. The number of fused-ring (bicyclic) bond motifs is 1. The largest absolute Gasteiger partial charge is 0.383 e. The smallest absolute Gasteiger partial charge is 0.167 e. The van der Waals surface area contributed by atoms with Crippen LogP contribution in [-0.2, 0) is 16.3 Å². The molecule has 0 saturated carbocycles. The zero-order valence-corrected chi connectivity index (χ0v) is 13.5. The number of benzene rings is 1. The van der Waals surface area contributed by atoms with Crippen LogP contribution in [-0.4, -0.2) is 24.0 Å². The third-order valence-corrected chi connectivity index (χ3v) is 4.57. The Morgan fingerprint density at radius 3 is 2.45 bits per heavy atom. The van der Waals surface area contributed by atoms with Crippen molar-refractivity contribution < 1.29 is 4.21 Å². The lowest BCUT2D eigenvalue weighted by atomic mass is 10.1. The van der Waals surface area contributed by atoms with Gasteiger partial charge in [-0.3, -0.25) is 0 Å². The van der Waals surface area contributed by atoms with Crippen LogP contribution in [0, 0.1) is 0 Å². The van der Waals surface area contributed by atoms with Crippen LogP contribution in [0.15, 0.2) is 46.6 Å². The highest BCUT2D eigenvalue weighted by atomic mass is 32.2. The molecule has 3 rings (SSSR count). The van der Waals surface area contributed by atoms with Gasteiger partial charge in [0.25, 0.3) is 0 Å². The molecule has 6 nitrogen and oxygen atoms in total. The van der Waals surface area contributed by atoms with Crippen molar-refractivity contribution in [2.45, 2.75) is 36.2 Å². The summed E-state index contributed by atoms with van der Waals surface area (Å²) in [5.41, 5.74) is 6.28. The van der Waals surface area contributed by atoms with Gasteiger partial charge >= 0.3 is 0 Å². The van der Waals surface area contributed by atoms with E-state index in [1.54, 1.807) is 16.8 Å². The van der Waals surface area contributed by atoms with Gasteiger partial charge in [0.1, 0.15) is 22.9 Å². The normalized spacial score (nSPS) is 13.4. The minimum atomic E-state index is -1.44. The van der Waals surface area contributed by atoms with Crippen molar-refractivity contribution in [2.75, 3.05) is 5.73 Å². The zero-order chi connectivity index (χ0) is 15.9. The Labute approximate surface area is 130 Å². The van der Waals surface area contributed by atoms with E-state index in [2.05, 4.69) is 15.1 Å².